The zero-order chi connectivity index (χ0) is 20.7. The predicted octanol–water partition coefficient (Wildman–Crippen LogP) is 1.70. The van der Waals surface area contributed by atoms with Gasteiger partial charge in [0.15, 0.2) is 5.82 Å². The number of anilines is 2. The lowest BCUT2D eigenvalue weighted by Gasteiger charge is -2.40. The number of nitrogens with zero attached hydrogens (tertiary/aromatic N) is 5. The first-order valence-electron chi connectivity index (χ1n) is 9.23. The van der Waals surface area contributed by atoms with Crippen molar-refractivity contribution in [1.29, 1.82) is 0 Å². The normalized spacial score (nSPS) is 18.8. The van der Waals surface area contributed by atoms with Crippen molar-refractivity contribution in [3.8, 4) is 5.75 Å². The summed E-state index contributed by atoms with van der Waals surface area (Å²) in [6, 6.07) is 3.85. The summed E-state index contributed by atoms with van der Waals surface area (Å²) in [4.78, 5) is 38.2. The summed E-state index contributed by atoms with van der Waals surface area (Å²) in [7, 11) is 0. The van der Waals surface area contributed by atoms with Gasteiger partial charge in [-0.3, -0.25) is 14.5 Å². The van der Waals surface area contributed by atoms with Crippen molar-refractivity contribution in [2.75, 3.05) is 29.4 Å². The van der Waals surface area contributed by atoms with Gasteiger partial charge in [0.1, 0.15) is 29.3 Å². The molecule has 0 radical (unpaired) electrons. The number of aromatic nitrogens is 2. The van der Waals surface area contributed by atoms with Crippen molar-refractivity contribution in [2.24, 2.45) is 0 Å². The van der Waals surface area contributed by atoms with Gasteiger partial charge in [-0.1, -0.05) is 12.6 Å². The van der Waals surface area contributed by atoms with Crippen LogP contribution in [0.4, 0.5) is 15.9 Å². The van der Waals surface area contributed by atoms with E-state index < -0.39 is 11.7 Å². The molecular formula is C20H20FN5O3. The number of carbonyl (C=O) groups excluding carboxylic acids is 2. The number of benzene rings is 1. The second-order valence-corrected chi connectivity index (χ2v) is 7.05. The Kier molecular flexibility index (Phi) is 4.65. The first-order chi connectivity index (χ1) is 13.9. The van der Waals surface area contributed by atoms with Crippen molar-refractivity contribution in [3.63, 3.8) is 0 Å². The van der Waals surface area contributed by atoms with Gasteiger partial charge in [0.2, 0.25) is 5.91 Å². The van der Waals surface area contributed by atoms with Crippen LogP contribution in [0.3, 0.4) is 0 Å². The summed E-state index contributed by atoms with van der Waals surface area (Å²) in [6.07, 6.45) is 2.60. The molecule has 3 heterocycles. The number of piperazine rings is 1. The number of hydrogen-bond donors (Lipinski definition) is 1. The van der Waals surface area contributed by atoms with Crippen LogP contribution < -0.4 is 9.80 Å². The highest BCUT2D eigenvalue weighted by atomic mass is 19.1. The van der Waals surface area contributed by atoms with Crippen molar-refractivity contribution in [3.05, 3.63) is 54.3 Å². The van der Waals surface area contributed by atoms with E-state index in [1.807, 2.05) is 11.8 Å². The van der Waals surface area contributed by atoms with Gasteiger partial charge in [-0.05, 0) is 25.1 Å². The van der Waals surface area contributed by atoms with Gasteiger partial charge >= 0.3 is 0 Å². The minimum atomic E-state index is -0.689. The second kappa shape index (κ2) is 7.16. The number of phenolic OH excluding ortho intramolecular Hbond substituents is 1. The topological polar surface area (TPSA) is 89.9 Å². The minimum Gasteiger partial charge on any atom is -0.506 e. The number of aromatic hydroxyl groups is 1. The molecule has 1 N–H and O–H groups in total. The van der Waals surface area contributed by atoms with Crippen molar-refractivity contribution < 1.29 is 19.1 Å². The average molecular weight is 397 g/mol. The highest BCUT2D eigenvalue weighted by Gasteiger charge is 2.38. The van der Waals surface area contributed by atoms with E-state index in [1.54, 1.807) is 4.90 Å². The van der Waals surface area contributed by atoms with Crippen LogP contribution in [0.2, 0.25) is 0 Å². The maximum atomic E-state index is 14.3. The molecule has 2 amide bonds. The molecule has 1 saturated heterocycles. The summed E-state index contributed by atoms with van der Waals surface area (Å²) >= 11 is 0. The Morgan fingerprint density at radius 3 is 2.83 bits per heavy atom. The lowest BCUT2D eigenvalue weighted by atomic mass is 10.1. The van der Waals surface area contributed by atoms with Crippen molar-refractivity contribution in [1.82, 2.24) is 14.9 Å². The molecule has 1 aromatic carbocycles. The number of hydrogen-bond acceptors (Lipinski definition) is 6. The average Bonchev–Trinajstić information content (AvgIpc) is 3.04. The third kappa shape index (κ3) is 3.08. The highest BCUT2D eigenvalue weighted by molar-refractivity contribution is 6.10. The smallest absolute Gasteiger partial charge is 0.277 e. The summed E-state index contributed by atoms with van der Waals surface area (Å²) in [5.74, 6) is -1.03. The van der Waals surface area contributed by atoms with E-state index in [-0.39, 0.29) is 35.6 Å². The molecule has 9 heteroatoms. The number of rotatable bonds is 3. The number of carbonyl (C=O) groups is 2. The second-order valence-electron chi connectivity index (χ2n) is 7.05. The Morgan fingerprint density at radius 2 is 2.14 bits per heavy atom. The lowest BCUT2D eigenvalue weighted by molar-refractivity contribution is -0.126. The molecule has 2 aromatic rings. The molecule has 29 heavy (non-hydrogen) atoms. The molecule has 4 rings (SSSR count). The Labute approximate surface area is 166 Å². The largest absolute Gasteiger partial charge is 0.506 e. The Bertz CT molecular complexity index is 991. The van der Waals surface area contributed by atoms with Crippen LogP contribution in [0, 0.1) is 5.82 Å². The van der Waals surface area contributed by atoms with E-state index in [0.29, 0.717) is 31.0 Å². The Balaban J connectivity index is 1.66. The molecule has 8 nitrogen and oxygen atoms in total. The molecule has 0 saturated carbocycles. The lowest BCUT2D eigenvalue weighted by Crippen LogP contribution is -2.54. The Hall–Kier alpha value is -3.49. The molecule has 1 fully saturated rings. The van der Waals surface area contributed by atoms with Crippen LogP contribution in [0.25, 0.3) is 0 Å². The van der Waals surface area contributed by atoms with Gasteiger partial charge in [0.05, 0.1) is 6.54 Å². The fourth-order valence-corrected chi connectivity index (χ4v) is 3.89. The van der Waals surface area contributed by atoms with E-state index in [1.165, 1.54) is 35.5 Å². The van der Waals surface area contributed by atoms with E-state index >= 15 is 0 Å². The summed E-state index contributed by atoms with van der Waals surface area (Å²) in [5.41, 5.74) is 0.598. The van der Waals surface area contributed by atoms with Crippen LogP contribution in [0.5, 0.6) is 5.75 Å². The van der Waals surface area contributed by atoms with Gasteiger partial charge in [-0.25, -0.2) is 14.4 Å². The molecule has 150 valence electrons. The van der Waals surface area contributed by atoms with Crippen LogP contribution in [-0.2, 0) is 11.3 Å². The molecule has 2 aliphatic rings. The standard InChI is InChI=1S/C20H20FN5O3/c1-3-16(28)24-7-8-25(12(2)9-24)19-13-10-26(20(29)17(13)22-11-23-19)18-14(21)5-4-6-15(18)27/h3-6,11-12,27H,1,7-10H2,2H3/t12-/m0/s1. The highest BCUT2D eigenvalue weighted by Crippen LogP contribution is 2.38. The number of fused-ring (bicyclic) bond motifs is 1. The van der Waals surface area contributed by atoms with Gasteiger partial charge in [-0.15, -0.1) is 0 Å². The first kappa shape index (κ1) is 18.9. The summed E-state index contributed by atoms with van der Waals surface area (Å²) in [6.45, 7) is 7.07. The fourth-order valence-electron chi connectivity index (χ4n) is 3.89. The van der Waals surface area contributed by atoms with Gasteiger partial charge in [-0.2, -0.15) is 0 Å². The first-order valence-corrected chi connectivity index (χ1v) is 9.23. The predicted molar refractivity (Wildman–Crippen MR) is 104 cm³/mol. The van der Waals surface area contributed by atoms with Crippen LogP contribution >= 0.6 is 0 Å². The SMILES string of the molecule is C=CC(=O)N1CCN(c2ncnc3c2CN(c2c(O)cccc2F)C3=O)[C@@H](C)C1. The minimum absolute atomic E-state index is 0.0438. The van der Waals surface area contributed by atoms with Crippen LogP contribution in [-0.4, -0.2) is 57.5 Å². The number of para-hydroxylation sites is 1. The summed E-state index contributed by atoms with van der Waals surface area (Å²) in [5, 5.41) is 10.1. The van der Waals surface area contributed by atoms with E-state index in [2.05, 4.69) is 16.5 Å². The zero-order valence-electron chi connectivity index (χ0n) is 15.9. The third-order valence-electron chi connectivity index (χ3n) is 5.31. The van der Waals surface area contributed by atoms with Crippen molar-refractivity contribution in [2.45, 2.75) is 19.5 Å². The molecule has 2 aliphatic heterocycles. The number of phenols is 1. The number of amides is 2. The molecular weight excluding hydrogens is 377 g/mol. The fraction of sp³-hybridized carbons (Fsp3) is 0.300. The quantitative estimate of drug-likeness (QED) is 0.793. The monoisotopic (exact) mass is 397 g/mol. The van der Waals surface area contributed by atoms with Gasteiger partial charge < -0.3 is 14.9 Å². The van der Waals surface area contributed by atoms with Crippen molar-refractivity contribution >= 4 is 23.3 Å². The maximum Gasteiger partial charge on any atom is 0.277 e. The molecule has 0 bridgehead atoms. The van der Waals surface area contributed by atoms with E-state index in [0.717, 1.165) is 0 Å². The van der Waals surface area contributed by atoms with Crippen LogP contribution in [0.1, 0.15) is 23.0 Å². The number of halogens is 1. The third-order valence-corrected chi connectivity index (χ3v) is 5.31. The molecule has 1 atom stereocenters. The molecule has 0 aliphatic carbocycles. The van der Waals surface area contributed by atoms with Crippen LogP contribution in [0.15, 0.2) is 37.2 Å². The van der Waals surface area contributed by atoms with Gasteiger partial charge in [0, 0.05) is 31.2 Å². The van der Waals surface area contributed by atoms with E-state index in [4.69, 9.17) is 0 Å². The van der Waals surface area contributed by atoms with E-state index in [9.17, 15) is 19.1 Å². The Morgan fingerprint density at radius 1 is 1.34 bits per heavy atom. The molecule has 0 unspecified atom stereocenters. The molecule has 1 aromatic heterocycles. The maximum absolute atomic E-state index is 14.3. The zero-order valence-corrected chi connectivity index (χ0v) is 15.9. The summed E-state index contributed by atoms with van der Waals surface area (Å²) < 4.78 is 14.3. The molecule has 0 spiro atoms. The van der Waals surface area contributed by atoms with Gasteiger partial charge in [0.25, 0.3) is 5.91 Å².